The van der Waals surface area contributed by atoms with Crippen molar-refractivity contribution < 1.29 is 9.53 Å². The Balaban J connectivity index is 1.81. The number of hydrogen-bond acceptors (Lipinski definition) is 5. The maximum absolute atomic E-state index is 12.0. The van der Waals surface area contributed by atoms with Gasteiger partial charge in [0.25, 0.3) is 0 Å². The summed E-state index contributed by atoms with van der Waals surface area (Å²) in [4.78, 5) is 18.5. The fourth-order valence-electron chi connectivity index (χ4n) is 2.36. The minimum Gasteiger partial charge on any atom is -0.397 e. The lowest BCUT2D eigenvalue weighted by atomic mass is 10.0. The third-order valence-corrected chi connectivity index (χ3v) is 3.77. The van der Waals surface area contributed by atoms with Gasteiger partial charge in [-0.1, -0.05) is 0 Å². The van der Waals surface area contributed by atoms with E-state index in [0.29, 0.717) is 12.2 Å². The molecule has 3 N–H and O–H groups in total. The summed E-state index contributed by atoms with van der Waals surface area (Å²) < 4.78 is 5.36. The maximum Gasteiger partial charge on any atom is 0.226 e. The van der Waals surface area contributed by atoms with Gasteiger partial charge in [0.2, 0.25) is 5.91 Å². The van der Waals surface area contributed by atoms with Crippen molar-refractivity contribution in [1.82, 2.24) is 15.2 Å². The van der Waals surface area contributed by atoms with Crippen LogP contribution < -0.4 is 11.1 Å². The summed E-state index contributed by atoms with van der Waals surface area (Å²) in [5.74, 6) is -0.0198. The second-order valence-corrected chi connectivity index (χ2v) is 5.95. The minimum atomic E-state index is -0.0754. The average molecular weight is 292 g/mol. The molecule has 0 aromatic carbocycles. The molecule has 6 heteroatoms. The average Bonchev–Trinajstić information content (AvgIpc) is 2.49. The summed E-state index contributed by atoms with van der Waals surface area (Å²) in [5.41, 5.74) is 6.83. The van der Waals surface area contributed by atoms with E-state index >= 15 is 0 Å². The van der Waals surface area contributed by atoms with Crippen LogP contribution in [0.1, 0.15) is 19.5 Å². The number of anilines is 1. The van der Waals surface area contributed by atoms with Crippen LogP contribution in [-0.2, 0) is 16.0 Å². The van der Waals surface area contributed by atoms with E-state index in [-0.39, 0.29) is 17.9 Å². The van der Waals surface area contributed by atoms with Gasteiger partial charge in [0.1, 0.15) is 0 Å². The smallest absolute Gasteiger partial charge is 0.226 e. The quantitative estimate of drug-likeness (QED) is 0.823. The van der Waals surface area contributed by atoms with Crippen molar-refractivity contribution in [3.05, 3.63) is 24.0 Å². The van der Waals surface area contributed by atoms with Crippen LogP contribution >= 0.6 is 0 Å². The summed E-state index contributed by atoms with van der Waals surface area (Å²) >= 11 is 0. The predicted molar refractivity (Wildman–Crippen MR) is 81.8 cm³/mol. The molecule has 0 atom stereocenters. The number of rotatable bonds is 5. The Bertz CT molecular complexity index is 467. The lowest BCUT2D eigenvalue weighted by molar-refractivity contribution is -0.121. The van der Waals surface area contributed by atoms with Crippen molar-refractivity contribution in [3.63, 3.8) is 0 Å². The van der Waals surface area contributed by atoms with Crippen LogP contribution in [0.4, 0.5) is 5.69 Å². The zero-order valence-corrected chi connectivity index (χ0v) is 12.8. The van der Waals surface area contributed by atoms with Crippen LogP contribution in [0.3, 0.4) is 0 Å². The first kappa shape index (κ1) is 15.7. The van der Waals surface area contributed by atoms with Crippen molar-refractivity contribution in [1.29, 1.82) is 0 Å². The van der Waals surface area contributed by atoms with Gasteiger partial charge in [0.05, 0.1) is 31.5 Å². The van der Waals surface area contributed by atoms with E-state index in [1.807, 2.05) is 0 Å². The van der Waals surface area contributed by atoms with Gasteiger partial charge >= 0.3 is 0 Å². The molecule has 1 fully saturated rings. The van der Waals surface area contributed by atoms with Gasteiger partial charge < -0.3 is 15.8 Å². The van der Waals surface area contributed by atoms with Crippen LogP contribution in [0, 0.1) is 0 Å². The number of nitrogen functional groups attached to an aromatic ring is 1. The van der Waals surface area contributed by atoms with E-state index in [0.717, 1.165) is 32.0 Å². The monoisotopic (exact) mass is 292 g/mol. The standard InChI is InChI=1S/C15H24N4O2/c1-15(2,19-5-7-21-8-6-19)11-18-14(20)9-13-4-3-12(16)10-17-13/h3-4,10H,5-9,11,16H2,1-2H3,(H,18,20). The molecular formula is C15H24N4O2. The zero-order chi connectivity index (χ0) is 15.3. The maximum atomic E-state index is 12.0. The number of amides is 1. The Morgan fingerprint density at radius 3 is 2.76 bits per heavy atom. The first-order chi connectivity index (χ1) is 9.97. The molecule has 21 heavy (non-hydrogen) atoms. The molecule has 2 rings (SSSR count). The molecule has 1 aromatic heterocycles. The number of nitrogens with one attached hydrogen (secondary N) is 1. The molecule has 1 aliphatic heterocycles. The molecular weight excluding hydrogens is 268 g/mol. The fourth-order valence-corrected chi connectivity index (χ4v) is 2.36. The highest BCUT2D eigenvalue weighted by molar-refractivity contribution is 5.78. The van der Waals surface area contributed by atoms with E-state index in [4.69, 9.17) is 10.5 Å². The van der Waals surface area contributed by atoms with Gasteiger partial charge in [-0.3, -0.25) is 14.7 Å². The Morgan fingerprint density at radius 2 is 2.14 bits per heavy atom. The first-order valence-electron chi connectivity index (χ1n) is 7.27. The number of aromatic nitrogens is 1. The highest BCUT2D eigenvalue weighted by atomic mass is 16.5. The highest BCUT2D eigenvalue weighted by Gasteiger charge is 2.28. The van der Waals surface area contributed by atoms with Crippen molar-refractivity contribution in [2.24, 2.45) is 0 Å². The Hall–Kier alpha value is -1.66. The molecule has 0 unspecified atom stereocenters. The number of nitrogens with zero attached hydrogens (tertiary/aromatic N) is 2. The summed E-state index contributed by atoms with van der Waals surface area (Å²) in [7, 11) is 0. The van der Waals surface area contributed by atoms with Crippen LogP contribution in [-0.4, -0.2) is 54.2 Å². The number of carbonyl (C=O) groups excluding carboxylic acids is 1. The summed E-state index contributed by atoms with van der Waals surface area (Å²) in [6, 6.07) is 3.54. The molecule has 0 radical (unpaired) electrons. The molecule has 0 saturated carbocycles. The number of carbonyl (C=O) groups is 1. The van der Waals surface area contributed by atoms with Gasteiger partial charge in [0.15, 0.2) is 0 Å². The number of morpholine rings is 1. The van der Waals surface area contributed by atoms with E-state index in [9.17, 15) is 4.79 Å². The molecule has 1 amide bonds. The molecule has 2 heterocycles. The first-order valence-corrected chi connectivity index (χ1v) is 7.27. The molecule has 0 aliphatic carbocycles. The van der Waals surface area contributed by atoms with Crippen molar-refractivity contribution >= 4 is 11.6 Å². The SMILES string of the molecule is CC(C)(CNC(=O)Cc1ccc(N)cn1)N1CCOCC1. The molecule has 1 saturated heterocycles. The third-order valence-electron chi connectivity index (χ3n) is 3.77. The zero-order valence-electron chi connectivity index (χ0n) is 12.8. The van der Waals surface area contributed by atoms with E-state index < -0.39 is 0 Å². The molecule has 1 aliphatic rings. The lowest BCUT2D eigenvalue weighted by Crippen LogP contribution is -2.55. The minimum absolute atomic E-state index is 0.0198. The summed E-state index contributed by atoms with van der Waals surface area (Å²) in [6.07, 6.45) is 1.85. The van der Waals surface area contributed by atoms with E-state index in [1.54, 1.807) is 18.3 Å². The normalized spacial score (nSPS) is 16.7. The fraction of sp³-hybridized carbons (Fsp3) is 0.600. The van der Waals surface area contributed by atoms with Gasteiger partial charge in [-0.25, -0.2) is 0 Å². The van der Waals surface area contributed by atoms with Crippen LogP contribution in [0.15, 0.2) is 18.3 Å². The molecule has 1 aromatic rings. The number of pyridine rings is 1. The van der Waals surface area contributed by atoms with E-state index in [2.05, 4.69) is 29.0 Å². The highest BCUT2D eigenvalue weighted by Crippen LogP contribution is 2.15. The molecule has 0 bridgehead atoms. The van der Waals surface area contributed by atoms with Gasteiger partial charge in [-0.15, -0.1) is 0 Å². The van der Waals surface area contributed by atoms with Crippen LogP contribution in [0.2, 0.25) is 0 Å². The van der Waals surface area contributed by atoms with Crippen LogP contribution in [0.25, 0.3) is 0 Å². The van der Waals surface area contributed by atoms with Crippen LogP contribution in [0.5, 0.6) is 0 Å². The Labute approximate surface area is 125 Å². The number of nitrogens with two attached hydrogens (primary N) is 1. The predicted octanol–water partition coefficient (Wildman–Crippen LogP) is 0.433. The molecule has 6 nitrogen and oxygen atoms in total. The third kappa shape index (κ3) is 4.68. The number of hydrogen-bond donors (Lipinski definition) is 2. The Morgan fingerprint density at radius 1 is 1.43 bits per heavy atom. The number of ether oxygens (including phenoxy) is 1. The van der Waals surface area contributed by atoms with Gasteiger partial charge in [0, 0.05) is 30.9 Å². The van der Waals surface area contributed by atoms with Gasteiger partial charge in [-0.05, 0) is 26.0 Å². The summed E-state index contributed by atoms with van der Waals surface area (Å²) in [5, 5.41) is 2.99. The second kappa shape index (κ2) is 6.87. The van der Waals surface area contributed by atoms with Crippen molar-refractivity contribution in [2.75, 3.05) is 38.6 Å². The largest absolute Gasteiger partial charge is 0.397 e. The lowest BCUT2D eigenvalue weighted by Gasteiger charge is -2.40. The van der Waals surface area contributed by atoms with E-state index in [1.165, 1.54) is 0 Å². The summed E-state index contributed by atoms with van der Waals surface area (Å²) in [6.45, 7) is 8.21. The Kier molecular flexibility index (Phi) is 5.14. The van der Waals surface area contributed by atoms with Gasteiger partial charge in [-0.2, -0.15) is 0 Å². The van der Waals surface area contributed by atoms with Crippen molar-refractivity contribution in [3.8, 4) is 0 Å². The molecule has 116 valence electrons. The topological polar surface area (TPSA) is 80.5 Å². The molecule has 0 spiro atoms. The second-order valence-electron chi connectivity index (χ2n) is 5.95. The van der Waals surface area contributed by atoms with Crippen molar-refractivity contribution in [2.45, 2.75) is 25.8 Å².